The van der Waals surface area contributed by atoms with Crippen molar-refractivity contribution in [3.8, 4) is 0 Å². The Morgan fingerprint density at radius 3 is 2.21 bits per heavy atom. The average Bonchev–Trinajstić information content (AvgIpc) is 3.19. The van der Waals surface area contributed by atoms with E-state index in [9.17, 15) is 18.0 Å². The van der Waals surface area contributed by atoms with Gasteiger partial charge in [-0.05, 0) is 25.7 Å². The van der Waals surface area contributed by atoms with Gasteiger partial charge in [0.15, 0.2) is 0 Å². The number of carbonyl (C=O) groups is 1. The maximum Gasteiger partial charge on any atom is 0.406 e. The summed E-state index contributed by atoms with van der Waals surface area (Å²) >= 11 is 0. The summed E-state index contributed by atoms with van der Waals surface area (Å²) < 4.78 is 37.9. The van der Waals surface area contributed by atoms with E-state index in [1.165, 1.54) is 0 Å². The van der Waals surface area contributed by atoms with Crippen molar-refractivity contribution in [3.05, 3.63) is 0 Å². The van der Waals surface area contributed by atoms with Crippen molar-refractivity contribution in [3.63, 3.8) is 0 Å². The maximum atomic E-state index is 12.6. The molecule has 2 aliphatic rings. The fourth-order valence-electron chi connectivity index (χ4n) is 2.98. The zero-order chi connectivity index (χ0) is 14.1. The van der Waals surface area contributed by atoms with Gasteiger partial charge in [-0.2, -0.15) is 13.2 Å². The molecule has 0 bridgehead atoms. The third-order valence-electron chi connectivity index (χ3n) is 4.25. The molecule has 0 aromatic rings. The van der Waals surface area contributed by atoms with Crippen LogP contribution in [0.1, 0.15) is 44.9 Å². The Morgan fingerprint density at radius 1 is 1.21 bits per heavy atom. The summed E-state index contributed by atoms with van der Waals surface area (Å²) in [7, 11) is 0. The van der Waals surface area contributed by atoms with Gasteiger partial charge in [0.05, 0.1) is 5.41 Å². The highest BCUT2D eigenvalue weighted by atomic mass is 19.4. The second-order valence-corrected chi connectivity index (χ2v) is 5.82. The average molecular weight is 278 g/mol. The van der Waals surface area contributed by atoms with Gasteiger partial charge >= 0.3 is 6.18 Å². The van der Waals surface area contributed by atoms with Crippen molar-refractivity contribution in [2.75, 3.05) is 13.1 Å². The molecule has 110 valence electrons. The Balaban J connectivity index is 2.13. The number of hydrogen-bond acceptors (Lipinski definition) is 2. The highest BCUT2D eigenvalue weighted by Crippen LogP contribution is 2.40. The smallest absolute Gasteiger partial charge is 0.330 e. The van der Waals surface area contributed by atoms with Crippen molar-refractivity contribution in [1.82, 2.24) is 4.90 Å². The molecular weight excluding hydrogens is 257 g/mol. The van der Waals surface area contributed by atoms with Crippen LogP contribution in [0, 0.1) is 5.41 Å². The molecule has 2 fully saturated rings. The van der Waals surface area contributed by atoms with E-state index in [0.717, 1.165) is 24.2 Å². The first-order chi connectivity index (χ1) is 8.88. The molecule has 0 aromatic heterocycles. The molecule has 2 rings (SSSR count). The molecule has 0 aliphatic heterocycles. The van der Waals surface area contributed by atoms with Crippen LogP contribution in [0.15, 0.2) is 0 Å². The van der Waals surface area contributed by atoms with Gasteiger partial charge in [-0.3, -0.25) is 4.79 Å². The minimum Gasteiger partial charge on any atom is -0.330 e. The normalized spacial score (nSPS) is 23.2. The zero-order valence-electron chi connectivity index (χ0n) is 11.0. The second kappa shape index (κ2) is 5.31. The number of nitrogens with zero attached hydrogens (tertiary/aromatic N) is 1. The summed E-state index contributed by atoms with van der Waals surface area (Å²) in [6, 6.07) is -0.223. The van der Waals surface area contributed by atoms with Crippen LogP contribution in [0.2, 0.25) is 0 Å². The highest BCUT2D eigenvalue weighted by Gasteiger charge is 2.48. The van der Waals surface area contributed by atoms with Crippen LogP contribution in [0.4, 0.5) is 13.2 Å². The van der Waals surface area contributed by atoms with Gasteiger partial charge in [-0.1, -0.05) is 19.3 Å². The number of halogens is 3. The summed E-state index contributed by atoms with van der Waals surface area (Å²) in [5.74, 6) is -0.366. The number of nitrogens with two attached hydrogens (primary N) is 1. The molecule has 3 nitrogen and oxygen atoms in total. The first-order valence-corrected chi connectivity index (χ1v) is 6.96. The molecule has 2 aliphatic carbocycles. The minimum atomic E-state index is -4.33. The lowest BCUT2D eigenvalue weighted by Crippen LogP contribution is -2.52. The molecule has 6 heteroatoms. The van der Waals surface area contributed by atoms with Gasteiger partial charge in [0.25, 0.3) is 0 Å². The van der Waals surface area contributed by atoms with E-state index in [4.69, 9.17) is 5.73 Å². The van der Waals surface area contributed by atoms with Crippen LogP contribution < -0.4 is 5.73 Å². The van der Waals surface area contributed by atoms with Crippen molar-refractivity contribution < 1.29 is 18.0 Å². The molecule has 0 saturated heterocycles. The molecule has 0 aromatic carbocycles. The monoisotopic (exact) mass is 278 g/mol. The third kappa shape index (κ3) is 3.41. The van der Waals surface area contributed by atoms with Crippen molar-refractivity contribution in [2.45, 2.75) is 57.2 Å². The highest BCUT2D eigenvalue weighted by molar-refractivity contribution is 5.83. The molecule has 2 saturated carbocycles. The van der Waals surface area contributed by atoms with Gasteiger partial charge in [-0.25, -0.2) is 0 Å². The van der Waals surface area contributed by atoms with E-state index < -0.39 is 18.1 Å². The number of carbonyl (C=O) groups excluding carboxylic acids is 1. The van der Waals surface area contributed by atoms with E-state index in [1.807, 2.05) is 0 Å². The largest absolute Gasteiger partial charge is 0.406 e. The SMILES string of the molecule is NCC1(C(=O)N(CC(F)(F)F)C2CC2)CCCCC1. The molecule has 0 atom stereocenters. The second-order valence-electron chi connectivity index (χ2n) is 5.82. The fourth-order valence-corrected chi connectivity index (χ4v) is 2.98. The molecule has 0 spiro atoms. The predicted molar refractivity (Wildman–Crippen MR) is 65.4 cm³/mol. The molecule has 0 radical (unpaired) electrons. The number of hydrogen-bond donors (Lipinski definition) is 1. The number of amides is 1. The Kier molecular flexibility index (Phi) is 4.08. The lowest BCUT2D eigenvalue weighted by molar-refractivity contribution is -0.170. The summed E-state index contributed by atoms with van der Waals surface area (Å²) in [4.78, 5) is 13.6. The van der Waals surface area contributed by atoms with E-state index in [-0.39, 0.29) is 18.5 Å². The lowest BCUT2D eigenvalue weighted by Gasteiger charge is -2.39. The topological polar surface area (TPSA) is 46.3 Å². The van der Waals surface area contributed by atoms with Gasteiger partial charge in [0.1, 0.15) is 6.54 Å². The van der Waals surface area contributed by atoms with E-state index in [1.54, 1.807) is 0 Å². The Morgan fingerprint density at radius 2 is 1.79 bits per heavy atom. The maximum absolute atomic E-state index is 12.6. The Bertz CT molecular complexity index is 333. The first kappa shape index (κ1) is 14.6. The summed E-state index contributed by atoms with van der Waals surface area (Å²) in [6.07, 6.45) is 1.10. The predicted octanol–water partition coefficient (Wildman–Crippen LogP) is 2.45. The van der Waals surface area contributed by atoms with Crippen LogP contribution in [0.3, 0.4) is 0 Å². The van der Waals surface area contributed by atoms with Crippen LogP contribution in [0.5, 0.6) is 0 Å². The van der Waals surface area contributed by atoms with Gasteiger partial charge in [0.2, 0.25) is 5.91 Å². The van der Waals surface area contributed by atoms with Gasteiger partial charge in [0, 0.05) is 12.6 Å². The number of rotatable bonds is 4. The van der Waals surface area contributed by atoms with E-state index >= 15 is 0 Å². The molecule has 0 unspecified atom stereocenters. The van der Waals surface area contributed by atoms with E-state index in [2.05, 4.69) is 0 Å². The Labute approximate surface area is 111 Å². The lowest BCUT2D eigenvalue weighted by atomic mass is 9.73. The number of alkyl halides is 3. The molecule has 1 amide bonds. The molecule has 0 heterocycles. The zero-order valence-corrected chi connectivity index (χ0v) is 11.0. The fraction of sp³-hybridized carbons (Fsp3) is 0.923. The quantitative estimate of drug-likeness (QED) is 0.858. The van der Waals surface area contributed by atoms with Crippen LogP contribution >= 0.6 is 0 Å². The molecule has 19 heavy (non-hydrogen) atoms. The standard InChI is InChI=1S/C13H21F3N2O/c14-13(15,16)9-18(10-4-5-10)11(19)12(8-17)6-2-1-3-7-12/h10H,1-9,17H2. The van der Waals surface area contributed by atoms with Crippen molar-refractivity contribution >= 4 is 5.91 Å². The van der Waals surface area contributed by atoms with Gasteiger partial charge < -0.3 is 10.6 Å². The first-order valence-electron chi connectivity index (χ1n) is 6.96. The molecular formula is C13H21F3N2O. The van der Waals surface area contributed by atoms with Crippen molar-refractivity contribution in [2.24, 2.45) is 11.1 Å². The van der Waals surface area contributed by atoms with E-state index in [0.29, 0.717) is 25.7 Å². The molecule has 2 N–H and O–H groups in total. The minimum absolute atomic E-state index is 0.160. The summed E-state index contributed by atoms with van der Waals surface area (Å²) in [5.41, 5.74) is 4.99. The third-order valence-corrected chi connectivity index (χ3v) is 4.25. The van der Waals surface area contributed by atoms with Gasteiger partial charge in [-0.15, -0.1) is 0 Å². The van der Waals surface area contributed by atoms with Crippen LogP contribution in [0.25, 0.3) is 0 Å². The summed E-state index contributed by atoms with van der Waals surface area (Å²) in [5, 5.41) is 0. The summed E-state index contributed by atoms with van der Waals surface area (Å²) in [6.45, 7) is -0.967. The Hall–Kier alpha value is -0.780. The van der Waals surface area contributed by atoms with Crippen LogP contribution in [-0.4, -0.2) is 36.1 Å². The van der Waals surface area contributed by atoms with Crippen LogP contribution in [-0.2, 0) is 4.79 Å². The van der Waals surface area contributed by atoms with Crippen molar-refractivity contribution in [1.29, 1.82) is 0 Å².